The first-order valence-electron chi connectivity index (χ1n) is 11.1. The highest BCUT2D eigenvalue weighted by atomic mass is 79.9. The van der Waals surface area contributed by atoms with Crippen molar-refractivity contribution < 1.29 is 14.4 Å². The highest BCUT2D eigenvalue weighted by Crippen LogP contribution is 2.26. The summed E-state index contributed by atoms with van der Waals surface area (Å²) < 4.78 is 3.05. The van der Waals surface area contributed by atoms with E-state index in [1.165, 1.54) is 4.68 Å². The van der Waals surface area contributed by atoms with Gasteiger partial charge in [0.15, 0.2) is 0 Å². The van der Waals surface area contributed by atoms with Crippen molar-refractivity contribution in [2.75, 3.05) is 16.1 Å². The minimum Gasteiger partial charge on any atom is -0.320 e. The SMILES string of the molecule is Cc1cc(C)c(NC(=O)C(=O)Nn2c(C(=O)Nc3ccc(Br)cc3C)cc3cc(Br)ccc32)c(C)c1. The van der Waals surface area contributed by atoms with E-state index in [0.717, 1.165) is 31.2 Å². The molecule has 3 amide bonds. The summed E-state index contributed by atoms with van der Waals surface area (Å²) in [6, 6.07) is 16.4. The van der Waals surface area contributed by atoms with Crippen LogP contribution in [0.15, 0.2) is 63.5 Å². The maximum Gasteiger partial charge on any atom is 0.328 e. The molecule has 0 radical (unpaired) electrons. The predicted octanol–water partition coefficient (Wildman–Crippen LogP) is 6.36. The number of benzene rings is 3. The Kier molecular flexibility index (Phi) is 7.33. The van der Waals surface area contributed by atoms with E-state index in [2.05, 4.69) is 47.9 Å². The normalized spacial score (nSPS) is 10.8. The monoisotopic (exact) mass is 610 g/mol. The summed E-state index contributed by atoms with van der Waals surface area (Å²) in [5.74, 6) is -2.17. The number of carbonyl (C=O) groups is 3. The van der Waals surface area contributed by atoms with Gasteiger partial charge in [-0.3, -0.25) is 19.8 Å². The Labute approximate surface area is 225 Å². The van der Waals surface area contributed by atoms with Crippen LogP contribution in [0.25, 0.3) is 10.9 Å². The average molecular weight is 612 g/mol. The number of aryl methyl sites for hydroxylation is 4. The molecule has 0 aliphatic heterocycles. The fourth-order valence-corrected chi connectivity index (χ4v) is 4.98. The highest BCUT2D eigenvalue weighted by molar-refractivity contribution is 9.10. The predicted molar refractivity (Wildman–Crippen MR) is 150 cm³/mol. The third-order valence-electron chi connectivity index (χ3n) is 5.77. The van der Waals surface area contributed by atoms with Gasteiger partial charge in [0.25, 0.3) is 5.91 Å². The Morgan fingerprint density at radius 1 is 0.722 bits per heavy atom. The van der Waals surface area contributed by atoms with Crippen LogP contribution in [0.1, 0.15) is 32.7 Å². The average Bonchev–Trinajstić information content (AvgIpc) is 3.15. The molecule has 1 aromatic heterocycles. The second-order valence-corrected chi connectivity index (χ2v) is 10.5. The molecule has 0 saturated heterocycles. The molecule has 36 heavy (non-hydrogen) atoms. The number of aromatic nitrogens is 1. The van der Waals surface area contributed by atoms with E-state index in [1.807, 2.05) is 58.0 Å². The van der Waals surface area contributed by atoms with Crippen molar-refractivity contribution in [2.24, 2.45) is 0 Å². The first-order valence-corrected chi connectivity index (χ1v) is 12.7. The Balaban J connectivity index is 1.65. The van der Waals surface area contributed by atoms with Crippen LogP contribution in [0, 0.1) is 27.7 Å². The molecule has 0 saturated carbocycles. The second kappa shape index (κ2) is 10.3. The third kappa shape index (κ3) is 5.37. The van der Waals surface area contributed by atoms with E-state index >= 15 is 0 Å². The van der Waals surface area contributed by atoms with Crippen molar-refractivity contribution in [3.63, 3.8) is 0 Å². The zero-order valence-corrected chi connectivity index (χ0v) is 23.3. The number of nitrogens with one attached hydrogen (secondary N) is 3. The fraction of sp³-hybridized carbons (Fsp3) is 0.148. The van der Waals surface area contributed by atoms with Gasteiger partial charge in [-0.25, -0.2) is 4.68 Å². The Morgan fingerprint density at radius 2 is 1.36 bits per heavy atom. The van der Waals surface area contributed by atoms with Gasteiger partial charge in [0.05, 0.1) is 5.52 Å². The molecular formula is C27H24Br2N4O3. The third-order valence-corrected chi connectivity index (χ3v) is 6.75. The Bertz CT molecular complexity index is 1520. The summed E-state index contributed by atoms with van der Waals surface area (Å²) in [5, 5.41) is 6.30. The van der Waals surface area contributed by atoms with Gasteiger partial charge >= 0.3 is 11.8 Å². The van der Waals surface area contributed by atoms with Crippen LogP contribution in [-0.4, -0.2) is 22.4 Å². The molecular weight excluding hydrogens is 588 g/mol. The lowest BCUT2D eigenvalue weighted by Gasteiger charge is -2.15. The van der Waals surface area contributed by atoms with E-state index in [1.54, 1.807) is 24.3 Å². The van der Waals surface area contributed by atoms with Crippen molar-refractivity contribution in [2.45, 2.75) is 27.7 Å². The minimum atomic E-state index is -0.899. The van der Waals surface area contributed by atoms with Crippen molar-refractivity contribution in [1.82, 2.24) is 4.68 Å². The lowest BCUT2D eigenvalue weighted by molar-refractivity contribution is -0.133. The smallest absolute Gasteiger partial charge is 0.320 e. The minimum absolute atomic E-state index is 0.175. The zero-order valence-electron chi connectivity index (χ0n) is 20.1. The van der Waals surface area contributed by atoms with Crippen molar-refractivity contribution in [3.8, 4) is 0 Å². The second-order valence-electron chi connectivity index (χ2n) is 8.65. The van der Waals surface area contributed by atoms with Gasteiger partial charge < -0.3 is 10.6 Å². The topological polar surface area (TPSA) is 92.2 Å². The number of amides is 3. The molecule has 0 aliphatic carbocycles. The van der Waals surface area contributed by atoms with Crippen LogP contribution in [0.2, 0.25) is 0 Å². The molecule has 184 valence electrons. The number of hydrogen-bond acceptors (Lipinski definition) is 3. The summed E-state index contributed by atoms with van der Waals surface area (Å²) in [6.07, 6.45) is 0. The molecule has 0 unspecified atom stereocenters. The molecule has 4 rings (SSSR count). The van der Waals surface area contributed by atoms with Crippen molar-refractivity contribution in [1.29, 1.82) is 0 Å². The van der Waals surface area contributed by atoms with Gasteiger partial charge in [-0.1, -0.05) is 49.6 Å². The number of anilines is 2. The number of carbonyl (C=O) groups excluding carboxylic acids is 3. The molecule has 0 bridgehead atoms. The molecule has 9 heteroatoms. The van der Waals surface area contributed by atoms with Crippen LogP contribution in [-0.2, 0) is 9.59 Å². The molecule has 7 nitrogen and oxygen atoms in total. The Morgan fingerprint density at radius 3 is 2.03 bits per heavy atom. The van der Waals surface area contributed by atoms with E-state index < -0.39 is 17.7 Å². The van der Waals surface area contributed by atoms with E-state index in [-0.39, 0.29) is 5.69 Å². The van der Waals surface area contributed by atoms with Crippen LogP contribution in [0.3, 0.4) is 0 Å². The number of fused-ring (bicyclic) bond motifs is 1. The molecule has 0 fully saturated rings. The molecule has 4 aromatic rings. The summed E-state index contributed by atoms with van der Waals surface area (Å²) in [6.45, 7) is 7.60. The van der Waals surface area contributed by atoms with Crippen LogP contribution in [0.5, 0.6) is 0 Å². The first kappa shape index (κ1) is 25.7. The summed E-state index contributed by atoms with van der Waals surface area (Å²) in [5.41, 5.74) is 8.21. The lowest BCUT2D eigenvalue weighted by atomic mass is 10.1. The van der Waals surface area contributed by atoms with Gasteiger partial charge in [0, 0.05) is 25.7 Å². The van der Waals surface area contributed by atoms with E-state index in [0.29, 0.717) is 22.3 Å². The highest BCUT2D eigenvalue weighted by Gasteiger charge is 2.22. The molecule has 0 atom stereocenters. The van der Waals surface area contributed by atoms with Gasteiger partial charge in [-0.05, 0) is 86.8 Å². The van der Waals surface area contributed by atoms with Gasteiger partial charge in [-0.15, -0.1) is 0 Å². The maximum absolute atomic E-state index is 13.3. The number of nitrogens with zero attached hydrogens (tertiary/aromatic N) is 1. The first-order chi connectivity index (χ1) is 17.0. The standard InChI is InChI=1S/C27H24Br2N4O3/c1-14-9-16(3)24(17(4)10-14)31-26(35)27(36)32-33-22-8-6-20(29)12-18(22)13-23(33)25(34)30-21-7-5-19(28)11-15(21)2/h5-13H,1-4H3,(H,30,34)(H,31,35)(H,32,36). The molecule has 0 spiro atoms. The number of halogens is 2. The lowest BCUT2D eigenvalue weighted by Crippen LogP contribution is -2.36. The van der Waals surface area contributed by atoms with Crippen LogP contribution < -0.4 is 16.1 Å². The largest absolute Gasteiger partial charge is 0.328 e. The van der Waals surface area contributed by atoms with E-state index in [9.17, 15) is 14.4 Å². The van der Waals surface area contributed by atoms with Crippen molar-refractivity contribution >= 4 is 71.9 Å². The molecule has 3 aromatic carbocycles. The Hall–Kier alpha value is -3.43. The molecule has 0 aliphatic rings. The summed E-state index contributed by atoms with van der Waals surface area (Å²) in [7, 11) is 0. The summed E-state index contributed by atoms with van der Waals surface area (Å²) >= 11 is 6.86. The number of hydrogen-bond donors (Lipinski definition) is 3. The van der Waals surface area contributed by atoms with Gasteiger partial charge in [0.2, 0.25) is 0 Å². The molecule has 1 heterocycles. The summed E-state index contributed by atoms with van der Waals surface area (Å²) in [4.78, 5) is 39.1. The van der Waals surface area contributed by atoms with Gasteiger partial charge in [0.1, 0.15) is 5.69 Å². The quantitative estimate of drug-likeness (QED) is 0.234. The van der Waals surface area contributed by atoms with Crippen LogP contribution in [0.4, 0.5) is 11.4 Å². The fourth-order valence-electron chi connectivity index (χ4n) is 4.13. The van der Waals surface area contributed by atoms with Crippen molar-refractivity contribution in [3.05, 3.63) is 91.5 Å². The zero-order chi connectivity index (χ0) is 26.1. The van der Waals surface area contributed by atoms with E-state index in [4.69, 9.17) is 0 Å². The van der Waals surface area contributed by atoms with Crippen LogP contribution >= 0.6 is 31.9 Å². The molecule has 3 N–H and O–H groups in total. The maximum atomic E-state index is 13.3. The number of rotatable bonds is 4. The van der Waals surface area contributed by atoms with Gasteiger partial charge in [-0.2, -0.15) is 0 Å².